The molecule has 0 aromatic carbocycles. The van der Waals surface area contributed by atoms with Gasteiger partial charge in [0.1, 0.15) is 5.78 Å². The molecule has 3 nitrogen and oxygen atoms in total. The summed E-state index contributed by atoms with van der Waals surface area (Å²) in [5.41, 5.74) is 0. The molecule has 1 aliphatic heterocycles. The Balaban J connectivity index is 1.93. The van der Waals surface area contributed by atoms with E-state index >= 15 is 0 Å². The van der Waals surface area contributed by atoms with Crippen LogP contribution in [-0.2, 0) is 14.3 Å². The molecular weight excluding hydrogens is 180 g/mol. The van der Waals surface area contributed by atoms with E-state index in [1.54, 1.807) is 0 Å². The Morgan fingerprint density at radius 3 is 2.79 bits per heavy atom. The quantitative estimate of drug-likeness (QED) is 0.642. The van der Waals surface area contributed by atoms with Crippen LogP contribution < -0.4 is 0 Å². The molecule has 2 atom stereocenters. The summed E-state index contributed by atoms with van der Waals surface area (Å²) < 4.78 is 10.7. The molecule has 78 valence electrons. The van der Waals surface area contributed by atoms with Crippen LogP contribution in [-0.4, -0.2) is 25.3 Å². The average Bonchev–Trinajstić information content (AvgIpc) is 2.79. The summed E-state index contributed by atoms with van der Waals surface area (Å²) in [4.78, 5) is 11.6. The monoisotopic (exact) mass is 196 g/mol. The van der Waals surface area contributed by atoms with Crippen molar-refractivity contribution in [3.05, 3.63) is 12.7 Å². The van der Waals surface area contributed by atoms with E-state index in [4.69, 9.17) is 9.47 Å². The fourth-order valence-electron chi connectivity index (χ4n) is 2.27. The van der Waals surface area contributed by atoms with Crippen LogP contribution in [0.3, 0.4) is 0 Å². The maximum absolute atomic E-state index is 11.6. The van der Waals surface area contributed by atoms with Gasteiger partial charge in [0.2, 0.25) is 0 Å². The number of Topliss-reactive ketones (excluding diaryl/α,β-unsaturated/α-hetero) is 1. The van der Waals surface area contributed by atoms with Crippen molar-refractivity contribution in [1.29, 1.82) is 0 Å². The van der Waals surface area contributed by atoms with Crippen molar-refractivity contribution in [2.45, 2.75) is 25.6 Å². The van der Waals surface area contributed by atoms with Crippen molar-refractivity contribution in [2.24, 2.45) is 11.8 Å². The molecule has 0 aromatic heterocycles. The number of hydrogen-bond acceptors (Lipinski definition) is 3. The average molecular weight is 196 g/mol. The molecule has 2 aliphatic rings. The lowest BCUT2D eigenvalue weighted by Crippen LogP contribution is -2.21. The van der Waals surface area contributed by atoms with Crippen LogP contribution in [0.25, 0.3) is 0 Å². The van der Waals surface area contributed by atoms with Crippen LogP contribution in [0.2, 0.25) is 0 Å². The predicted octanol–water partition coefficient (Wildman–Crippen LogP) is 1.53. The Morgan fingerprint density at radius 1 is 1.43 bits per heavy atom. The van der Waals surface area contributed by atoms with Crippen LogP contribution in [0.5, 0.6) is 0 Å². The molecule has 0 unspecified atom stereocenters. The van der Waals surface area contributed by atoms with Gasteiger partial charge in [0.15, 0.2) is 6.29 Å². The second-order valence-corrected chi connectivity index (χ2v) is 3.92. The lowest BCUT2D eigenvalue weighted by molar-refractivity contribution is -0.125. The van der Waals surface area contributed by atoms with Gasteiger partial charge in [0, 0.05) is 18.8 Å². The van der Waals surface area contributed by atoms with Crippen molar-refractivity contribution >= 4 is 5.78 Å². The van der Waals surface area contributed by atoms with Crippen LogP contribution >= 0.6 is 0 Å². The highest BCUT2D eigenvalue weighted by Gasteiger charge is 2.35. The zero-order valence-electron chi connectivity index (χ0n) is 8.28. The maximum atomic E-state index is 11.6. The number of hydrogen-bond donors (Lipinski definition) is 0. The minimum Gasteiger partial charge on any atom is -0.350 e. The summed E-state index contributed by atoms with van der Waals surface area (Å²) in [6.45, 7) is 5.08. The summed E-state index contributed by atoms with van der Waals surface area (Å²) in [5.74, 6) is 0.750. The molecule has 1 heterocycles. The molecule has 0 amide bonds. The van der Waals surface area contributed by atoms with E-state index in [-0.39, 0.29) is 12.2 Å². The Morgan fingerprint density at radius 2 is 2.14 bits per heavy atom. The summed E-state index contributed by atoms with van der Waals surface area (Å²) in [7, 11) is 0. The second-order valence-electron chi connectivity index (χ2n) is 3.92. The summed E-state index contributed by atoms with van der Waals surface area (Å²) >= 11 is 0. The Kier molecular flexibility index (Phi) is 2.99. The number of allylic oxidation sites excluding steroid dienone is 1. The summed E-state index contributed by atoms with van der Waals surface area (Å²) in [6, 6.07) is 0. The molecule has 2 fully saturated rings. The van der Waals surface area contributed by atoms with Crippen LogP contribution in [0.15, 0.2) is 12.7 Å². The largest absolute Gasteiger partial charge is 0.350 e. The van der Waals surface area contributed by atoms with Gasteiger partial charge in [-0.15, -0.1) is 6.58 Å². The van der Waals surface area contributed by atoms with Gasteiger partial charge in [-0.05, 0) is 12.3 Å². The van der Waals surface area contributed by atoms with E-state index in [9.17, 15) is 4.79 Å². The van der Waals surface area contributed by atoms with Crippen LogP contribution in [0, 0.1) is 11.8 Å². The Bertz CT molecular complexity index is 231. The Hall–Kier alpha value is -0.670. The number of ether oxygens (including phenoxy) is 2. The van der Waals surface area contributed by atoms with Gasteiger partial charge in [-0.25, -0.2) is 0 Å². The summed E-state index contributed by atoms with van der Waals surface area (Å²) in [5, 5.41) is 0. The normalized spacial score (nSPS) is 33.9. The van der Waals surface area contributed by atoms with Gasteiger partial charge in [-0.3, -0.25) is 4.79 Å². The lowest BCUT2D eigenvalue weighted by Gasteiger charge is -2.17. The summed E-state index contributed by atoms with van der Waals surface area (Å²) in [6.07, 6.45) is 4.07. The SMILES string of the molecule is C=C[C@H]1CCC(=O)[C@@H]1CC1OCCO1. The number of ketones is 1. The fraction of sp³-hybridized carbons (Fsp3) is 0.727. The van der Waals surface area contributed by atoms with E-state index in [1.165, 1.54) is 0 Å². The van der Waals surface area contributed by atoms with Gasteiger partial charge in [0.25, 0.3) is 0 Å². The molecular formula is C11H16O3. The first-order chi connectivity index (χ1) is 6.81. The van der Waals surface area contributed by atoms with Gasteiger partial charge in [-0.2, -0.15) is 0 Å². The molecule has 0 bridgehead atoms. The number of carbonyl (C=O) groups excluding carboxylic acids is 1. The minimum atomic E-state index is -0.163. The van der Waals surface area contributed by atoms with Crippen molar-refractivity contribution in [1.82, 2.24) is 0 Å². The highest BCUT2D eigenvalue weighted by atomic mass is 16.7. The standard InChI is InChI=1S/C11H16O3/c1-2-8-3-4-10(12)9(8)7-11-13-5-6-14-11/h2,8-9,11H,1,3-7H2/t8-,9+/m0/s1. The maximum Gasteiger partial charge on any atom is 0.158 e. The third-order valence-electron chi connectivity index (χ3n) is 3.09. The zero-order chi connectivity index (χ0) is 9.97. The third kappa shape index (κ3) is 1.88. The fourth-order valence-corrected chi connectivity index (χ4v) is 2.27. The van der Waals surface area contributed by atoms with E-state index < -0.39 is 0 Å². The topological polar surface area (TPSA) is 35.5 Å². The number of carbonyl (C=O) groups is 1. The molecule has 1 saturated carbocycles. The molecule has 1 saturated heterocycles. The van der Waals surface area contributed by atoms with Gasteiger partial charge in [0.05, 0.1) is 13.2 Å². The molecule has 14 heavy (non-hydrogen) atoms. The highest BCUT2D eigenvalue weighted by molar-refractivity contribution is 5.83. The first kappa shape index (κ1) is 9.87. The molecule has 0 N–H and O–H groups in total. The van der Waals surface area contributed by atoms with E-state index in [0.717, 1.165) is 6.42 Å². The van der Waals surface area contributed by atoms with Gasteiger partial charge >= 0.3 is 0 Å². The van der Waals surface area contributed by atoms with Crippen molar-refractivity contribution < 1.29 is 14.3 Å². The molecule has 0 spiro atoms. The molecule has 3 heteroatoms. The first-order valence-electron chi connectivity index (χ1n) is 5.19. The van der Waals surface area contributed by atoms with Crippen LogP contribution in [0.4, 0.5) is 0 Å². The third-order valence-corrected chi connectivity index (χ3v) is 3.09. The van der Waals surface area contributed by atoms with Crippen molar-refractivity contribution in [2.75, 3.05) is 13.2 Å². The minimum absolute atomic E-state index is 0.0793. The van der Waals surface area contributed by atoms with E-state index in [2.05, 4.69) is 6.58 Å². The van der Waals surface area contributed by atoms with E-state index in [0.29, 0.717) is 37.8 Å². The van der Waals surface area contributed by atoms with Crippen LogP contribution in [0.1, 0.15) is 19.3 Å². The smallest absolute Gasteiger partial charge is 0.158 e. The van der Waals surface area contributed by atoms with Crippen molar-refractivity contribution in [3.8, 4) is 0 Å². The van der Waals surface area contributed by atoms with E-state index in [1.807, 2.05) is 6.08 Å². The Labute approximate surface area is 84.1 Å². The molecule has 0 radical (unpaired) electrons. The van der Waals surface area contributed by atoms with Gasteiger partial charge in [-0.1, -0.05) is 6.08 Å². The molecule has 0 aromatic rings. The highest BCUT2D eigenvalue weighted by Crippen LogP contribution is 2.34. The molecule has 1 aliphatic carbocycles. The molecule has 2 rings (SSSR count). The predicted molar refractivity (Wildman–Crippen MR) is 51.7 cm³/mol. The lowest BCUT2D eigenvalue weighted by atomic mass is 9.92. The first-order valence-corrected chi connectivity index (χ1v) is 5.19. The van der Waals surface area contributed by atoms with Crippen molar-refractivity contribution in [3.63, 3.8) is 0 Å². The number of rotatable bonds is 3. The second kappa shape index (κ2) is 4.24. The zero-order valence-corrected chi connectivity index (χ0v) is 8.28. The van der Waals surface area contributed by atoms with Gasteiger partial charge < -0.3 is 9.47 Å².